The molecule has 1 aliphatic rings. The molecule has 0 aliphatic heterocycles. The maximum atomic E-state index is 3.77. The summed E-state index contributed by atoms with van der Waals surface area (Å²) < 4.78 is 0. The van der Waals surface area contributed by atoms with E-state index < -0.39 is 0 Å². The van der Waals surface area contributed by atoms with Crippen LogP contribution in [0, 0.1) is 5.92 Å². The highest BCUT2D eigenvalue weighted by molar-refractivity contribution is 5.14. The van der Waals surface area contributed by atoms with E-state index in [1.807, 2.05) is 0 Å². The van der Waals surface area contributed by atoms with E-state index in [2.05, 4.69) is 42.6 Å². The summed E-state index contributed by atoms with van der Waals surface area (Å²) in [6, 6.07) is 11.5. The summed E-state index contributed by atoms with van der Waals surface area (Å²) in [6.45, 7) is 3.45. The van der Waals surface area contributed by atoms with Crippen molar-refractivity contribution in [1.29, 1.82) is 0 Å². The van der Waals surface area contributed by atoms with E-state index in [1.54, 1.807) is 0 Å². The summed E-state index contributed by atoms with van der Waals surface area (Å²) in [5.41, 5.74) is 1.41. The second-order valence-corrected chi connectivity index (χ2v) is 6.24. The fourth-order valence-electron chi connectivity index (χ4n) is 3.12. The van der Waals surface area contributed by atoms with Gasteiger partial charge in [0.2, 0.25) is 0 Å². The van der Waals surface area contributed by atoms with Crippen LogP contribution in [0.15, 0.2) is 30.3 Å². The van der Waals surface area contributed by atoms with Gasteiger partial charge in [0, 0.05) is 12.6 Å². The molecule has 1 heteroatoms. The second-order valence-electron chi connectivity index (χ2n) is 6.24. The molecule has 106 valence electrons. The molecule has 0 spiro atoms. The molecule has 0 amide bonds. The van der Waals surface area contributed by atoms with Crippen molar-refractivity contribution in [2.45, 2.75) is 70.9 Å². The lowest BCUT2D eigenvalue weighted by atomic mass is 9.92. The van der Waals surface area contributed by atoms with E-state index in [9.17, 15) is 0 Å². The zero-order valence-corrected chi connectivity index (χ0v) is 12.4. The summed E-state index contributed by atoms with van der Waals surface area (Å²) >= 11 is 0. The van der Waals surface area contributed by atoms with Gasteiger partial charge in [-0.25, -0.2) is 0 Å². The molecule has 0 aromatic heterocycles. The van der Waals surface area contributed by atoms with Gasteiger partial charge in [-0.05, 0) is 24.3 Å². The molecule has 1 aromatic carbocycles. The number of nitrogens with one attached hydrogen (secondary N) is 1. The Morgan fingerprint density at radius 3 is 2.42 bits per heavy atom. The van der Waals surface area contributed by atoms with Crippen LogP contribution in [-0.2, 0) is 6.54 Å². The highest BCUT2D eigenvalue weighted by Crippen LogP contribution is 2.21. The molecule has 0 heterocycles. The first kappa shape index (κ1) is 14.6. The van der Waals surface area contributed by atoms with Crippen LogP contribution < -0.4 is 5.32 Å². The van der Waals surface area contributed by atoms with Crippen LogP contribution in [0.5, 0.6) is 0 Å². The van der Waals surface area contributed by atoms with Crippen LogP contribution in [0.2, 0.25) is 0 Å². The molecular weight excluding hydrogens is 230 g/mol. The van der Waals surface area contributed by atoms with Crippen molar-refractivity contribution in [1.82, 2.24) is 5.32 Å². The van der Waals surface area contributed by atoms with Crippen LogP contribution >= 0.6 is 0 Å². The topological polar surface area (TPSA) is 12.0 Å². The normalized spacial score (nSPS) is 25.9. The first-order valence-corrected chi connectivity index (χ1v) is 8.12. The van der Waals surface area contributed by atoms with Crippen LogP contribution in [0.4, 0.5) is 0 Å². The van der Waals surface area contributed by atoms with E-state index in [-0.39, 0.29) is 0 Å². The highest BCUT2D eigenvalue weighted by Gasteiger charge is 2.11. The fraction of sp³-hybridized carbons (Fsp3) is 0.667. The molecule has 0 bridgehead atoms. The molecule has 2 atom stereocenters. The van der Waals surface area contributed by atoms with Crippen molar-refractivity contribution in [2.24, 2.45) is 5.92 Å². The van der Waals surface area contributed by atoms with E-state index in [0.29, 0.717) is 0 Å². The quantitative estimate of drug-likeness (QED) is 0.813. The molecule has 0 radical (unpaired) electrons. The fourth-order valence-corrected chi connectivity index (χ4v) is 3.12. The van der Waals surface area contributed by atoms with Gasteiger partial charge in [-0.2, -0.15) is 0 Å². The van der Waals surface area contributed by atoms with E-state index in [0.717, 1.165) is 18.5 Å². The largest absolute Gasteiger partial charge is 0.310 e. The predicted molar refractivity (Wildman–Crippen MR) is 83.2 cm³/mol. The van der Waals surface area contributed by atoms with Gasteiger partial charge in [0.25, 0.3) is 0 Å². The van der Waals surface area contributed by atoms with Crippen LogP contribution in [0.3, 0.4) is 0 Å². The zero-order chi connectivity index (χ0) is 13.3. The van der Waals surface area contributed by atoms with Gasteiger partial charge in [-0.1, -0.05) is 75.8 Å². The van der Waals surface area contributed by atoms with Crippen molar-refractivity contribution in [3.63, 3.8) is 0 Å². The molecule has 19 heavy (non-hydrogen) atoms. The minimum absolute atomic E-state index is 0.727. The van der Waals surface area contributed by atoms with Crippen LogP contribution in [0.25, 0.3) is 0 Å². The number of benzene rings is 1. The lowest BCUT2D eigenvalue weighted by Gasteiger charge is -2.22. The Morgan fingerprint density at radius 2 is 1.58 bits per heavy atom. The Balaban J connectivity index is 1.77. The minimum Gasteiger partial charge on any atom is -0.310 e. The molecule has 2 rings (SSSR count). The molecule has 0 saturated heterocycles. The van der Waals surface area contributed by atoms with Crippen molar-refractivity contribution in [3.8, 4) is 0 Å². The van der Waals surface area contributed by atoms with Gasteiger partial charge in [-0.3, -0.25) is 0 Å². The Hall–Kier alpha value is -0.820. The molecular formula is C18H29N. The summed E-state index contributed by atoms with van der Waals surface area (Å²) in [6.07, 6.45) is 11.2. The van der Waals surface area contributed by atoms with Crippen LogP contribution in [-0.4, -0.2) is 6.04 Å². The number of rotatable bonds is 3. The molecule has 2 unspecified atom stereocenters. The third kappa shape index (κ3) is 5.78. The Kier molecular flexibility index (Phi) is 6.43. The first-order chi connectivity index (χ1) is 9.34. The van der Waals surface area contributed by atoms with Gasteiger partial charge in [0.15, 0.2) is 0 Å². The van der Waals surface area contributed by atoms with Gasteiger partial charge in [0.05, 0.1) is 0 Å². The smallest absolute Gasteiger partial charge is 0.0208 e. The summed E-state index contributed by atoms with van der Waals surface area (Å²) in [5.74, 6) is 0.938. The van der Waals surface area contributed by atoms with Gasteiger partial charge >= 0.3 is 0 Å². The maximum absolute atomic E-state index is 3.77. The maximum Gasteiger partial charge on any atom is 0.0208 e. The lowest BCUT2D eigenvalue weighted by Crippen LogP contribution is -2.29. The SMILES string of the molecule is CC1CCCCCC(NCc2ccccc2)CCC1. The number of hydrogen-bond donors (Lipinski definition) is 1. The van der Waals surface area contributed by atoms with Gasteiger partial charge in [0.1, 0.15) is 0 Å². The Bertz CT molecular complexity index is 333. The summed E-state index contributed by atoms with van der Waals surface area (Å²) in [4.78, 5) is 0. The number of hydrogen-bond acceptors (Lipinski definition) is 1. The average molecular weight is 259 g/mol. The Labute approximate surface area is 118 Å². The van der Waals surface area contributed by atoms with Crippen molar-refractivity contribution in [3.05, 3.63) is 35.9 Å². The standard InChI is InChI=1S/C18H29N/c1-16-9-4-2-7-13-18(14-8-10-16)19-15-17-11-5-3-6-12-17/h3,5-6,11-12,16,18-19H,2,4,7-10,13-15H2,1H3. The molecule has 1 aliphatic carbocycles. The van der Waals surface area contributed by atoms with Crippen molar-refractivity contribution in [2.75, 3.05) is 0 Å². The van der Waals surface area contributed by atoms with Crippen molar-refractivity contribution >= 4 is 0 Å². The molecule has 1 fully saturated rings. The highest BCUT2D eigenvalue weighted by atomic mass is 14.9. The van der Waals surface area contributed by atoms with Crippen molar-refractivity contribution < 1.29 is 0 Å². The van der Waals surface area contributed by atoms with E-state index in [1.165, 1.54) is 56.9 Å². The molecule has 1 nitrogen and oxygen atoms in total. The summed E-state index contributed by atoms with van der Waals surface area (Å²) in [5, 5.41) is 3.77. The van der Waals surface area contributed by atoms with Gasteiger partial charge < -0.3 is 5.32 Å². The minimum atomic E-state index is 0.727. The zero-order valence-electron chi connectivity index (χ0n) is 12.4. The monoisotopic (exact) mass is 259 g/mol. The molecule has 1 aromatic rings. The molecule has 1 saturated carbocycles. The second kappa shape index (κ2) is 8.37. The van der Waals surface area contributed by atoms with E-state index >= 15 is 0 Å². The Morgan fingerprint density at radius 1 is 0.895 bits per heavy atom. The van der Waals surface area contributed by atoms with Crippen LogP contribution in [0.1, 0.15) is 63.9 Å². The first-order valence-electron chi connectivity index (χ1n) is 8.12. The third-order valence-electron chi connectivity index (χ3n) is 4.44. The van der Waals surface area contributed by atoms with E-state index in [4.69, 9.17) is 0 Å². The molecule has 1 N–H and O–H groups in total. The average Bonchev–Trinajstić information content (AvgIpc) is 2.45. The lowest BCUT2D eigenvalue weighted by molar-refractivity contribution is 0.361. The predicted octanol–water partition coefficient (Wildman–Crippen LogP) is 4.92. The third-order valence-corrected chi connectivity index (χ3v) is 4.44. The van der Waals surface area contributed by atoms with Gasteiger partial charge in [-0.15, -0.1) is 0 Å². The summed E-state index contributed by atoms with van der Waals surface area (Å²) in [7, 11) is 0.